The molecule has 0 unspecified atom stereocenters. The minimum atomic E-state index is 0.260. The van der Waals surface area contributed by atoms with Gasteiger partial charge in [0.2, 0.25) is 0 Å². The fourth-order valence-corrected chi connectivity index (χ4v) is 6.81. The van der Waals surface area contributed by atoms with Gasteiger partial charge in [0.25, 0.3) is 0 Å². The molecule has 2 aromatic heterocycles. The van der Waals surface area contributed by atoms with Gasteiger partial charge in [-0.05, 0) is 82.6 Å². The maximum absolute atomic E-state index is 10.2. The molecular weight excluding hydrogens is 524 g/mol. The third-order valence-corrected chi connectivity index (χ3v) is 8.76. The molecule has 3 heteroatoms. The zero-order valence-corrected chi connectivity index (χ0v) is 23.3. The Morgan fingerprint density at radius 1 is 0.349 bits per heavy atom. The summed E-state index contributed by atoms with van der Waals surface area (Å²) in [4.78, 5) is 0. The van der Waals surface area contributed by atoms with Gasteiger partial charge < -0.3 is 14.2 Å². The van der Waals surface area contributed by atoms with Crippen LogP contribution in [0.4, 0.5) is 0 Å². The molecule has 43 heavy (non-hydrogen) atoms. The molecule has 9 rings (SSSR count). The lowest BCUT2D eigenvalue weighted by atomic mass is 10.0. The van der Waals surface area contributed by atoms with E-state index in [1.165, 1.54) is 60.2 Å². The van der Waals surface area contributed by atoms with Crippen LogP contribution in [0.5, 0.6) is 5.75 Å². The van der Waals surface area contributed by atoms with Crippen LogP contribution in [0.1, 0.15) is 0 Å². The third kappa shape index (κ3) is 3.62. The molecule has 2 heterocycles. The van der Waals surface area contributed by atoms with E-state index >= 15 is 0 Å². The number of fused-ring (bicyclic) bond motifs is 7. The highest BCUT2D eigenvalue weighted by atomic mass is 16.3. The Kier molecular flexibility index (Phi) is 5.05. The molecule has 0 amide bonds. The number of phenolic OH excluding ortho intramolecular Hbond substituents is 1. The van der Waals surface area contributed by atoms with Gasteiger partial charge in [0.1, 0.15) is 5.75 Å². The largest absolute Gasteiger partial charge is 0.508 e. The second kappa shape index (κ2) is 9.10. The van der Waals surface area contributed by atoms with Crippen molar-refractivity contribution in [3.63, 3.8) is 0 Å². The smallest absolute Gasteiger partial charge is 0.117 e. The molecule has 0 saturated heterocycles. The maximum atomic E-state index is 10.2. The Morgan fingerprint density at radius 3 is 1.51 bits per heavy atom. The summed E-state index contributed by atoms with van der Waals surface area (Å²) in [6.45, 7) is 0. The van der Waals surface area contributed by atoms with Crippen LogP contribution in [0.25, 0.3) is 76.9 Å². The number of phenols is 1. The standard InChI is InChI=1S/C40H26N2O/c43-32-11-7-10-30(25-32)41-37-14-5-3-12-33(37)35-23-28(17-20-39(35)41)29-18-21-40-36(24-29)34-13-4-6-15-38(34)42(40)31-19-16-26-8-1-2-9-27(26)22-31/h1-25,43H. The van der Waals surface area contributed by atoms with Gasteiger partial charge in [-0.1, -0.05) is 84.9 Å². The molecule has 0 bridgehead atoms. The molecule has 3 nitrogen and oxygen atoms in total. The van der Waals surface area contributed by atoms with Gasteiger partial charge in [-0.25, -0.2) is 0 Å². The summed E-state index contributed by atoms with van der Waals surface area (Å²) < 4.78 is 4.61. The van der Waals surface area contributed by atoms with Crippen LogP contribution in [0.3, 0.4) is 0 Å². The molecule has 0 aliphatic rings. The molecular formula is C40H26N2O. The van der Waals surface area contributed by atoms with Crippen LogP contribution in [-0.4, -0.2) is 14.2 Å². The Morgan fingerprint density at radius 2 is 0.884 bits per heavy atom. The number of hydrogen-bond acceptors (Lipinski definition) is 1. The number of aromatic hydroxyl groups is 1. The van der Waals surface area contributed by atoms with E-state index in [0.717, 1.165) is 16.7 Å². The topological polar surface area (TPSA) is 30.1 Å². The van der Waals surface area contributed by atoms with Crippen molar-refractivity contribution in [2.24, 2.45) is 0 Å². The molecule has 0 fully saturated rings. The van der Waals surface area contributed by atoms with E-state index in [4.69, 9.17) is 0 Å². The van der Waals surface area contributed by atoms with Gasteiger partial charge in [0.05, 0.1) is 22.1 Å². The zero-order chi connectivity index (χ0) is 28.5. The lowest BCUT2D eigenvalue weighted by molar-refractivity contribution is 0.475. The summed E-state index contributed by atoms with van der Waals surface area (Å²) >= 11 is 0. The third-order valence-electron chi connectivity index (χ3n) is 8.76. The minimum Gasteiger partial charge on any atom is -0.508 e. The fraction of sp³-hybridized carbons (Fsp3) is 0. The normalized spacial score (nSPS) is 11.8. The number of aromatic nitrogens is 2. The average molecular weight is 551 g/mol. The number of nitrogens with zero attached hydrogens (tertiary/aromatic N) is 2. The molecule has 7 aromatic carbocycles. The highest BCUT2D eigenvalue weighted by molar-refractivity contribution is 6.12. The van der Waals surface area contributed by atoms with E-state index in [-0.39, 0.29) is 5.75 Å². The van der Waals surface area contributed by atoms with Crippen LogP contribution < -0.4 is 0 Å². The SMILES string of the molecule is Oc1cccc(-n2c3ccccc3c3cc(-c4ccc5c(c4)c4ccccc4n5-c4ccc5ccccc5c4)ccc32)c1. The summed E-state index contributed by atoms with van der Waals surface area (Å²) in [7, 11) is 0. The average Bonchev–Trinajstić information content (AvgIpc) is 3.57. The summed E-state index contributed by atoms with van der Waals surface area (Å²) in [6.07, 6.45) is 0. The predicted octanol–water partition coefficient (Wildman–Crippen LogP) is 10.4. The predicted molar refractivity (Wildman–Crippen MR) is 180 cm³/mol. The summed E-state index contributed by atoms with van der Waals surface area (Å²) in [5.41, 5.74) is 9.11. The van der Waals surface area contributed by atoms with Gasteiger partial charge in [0, 0.05) is 39.0 Å². The lowest BCUT2D eigenvalue weighted by Gasteiger charge is -2.10. The monoisotopic (exact) mass is 550 g/mol. The van der Waals surface area contributed by atoms with Crippen LogP contribution in [0, 0.1) is 0 Å². The van der Waals surface area contributed by atoms with Crippen LogP contribution in [-0.2, 0) is 0 Å². The van der Waals surface area contributed by atoms with Crippen molar-refractivity contribution in [1.29, 1.82) is 0 Å². The van der Waals surface area contributed by atoms with Crippen LogP contribution in [0.2, 0.25) is 0 Å². The van der Waals surface area contributed by atoms with Crippen molar-refractivity contribution in [2.75, 3.05) is 0 Å². The molecule has 9 aromatic rings. The van der Waals surface area contributed by atoms with E-state index in [9.17, 15) is 5.11 Å². The second-order valence-corrected chi connectivity index (χ2v) is 11.2. The van der Waals surface area contributed by atoms with Crippen molar-refractivity contribution in [3.05, 3.63) is 152 Å². The highest BCUT2D eigenvalue weighted by Gasteiger charge is 2.16. The number of rotatable bonds is 3. The quantitative estimate of drug-likeness (QED) is 0.233. The van der Waals surface area contributed by atoms with Gasteiger partial charge in [0.15, 0.2) is 0 Å². The summed E-state index contributed by atoms with van der Waals surface area (Å²) in [5.74, 6) is 0.260. The molecule has 1 N–H and O–H groups in total. The van der Waals surface area contributed by atoms with Crippen LogP contribution in [0.15, 0.2) is 152 Å². The number of benzene rings is 7. The van der Waals surface area contributed by atoms with E-state index < -0.39 is 0 Å². The molecule has 0 aliphatic heterocycles. The minimum absolute atomic E-state index is 0.260. The first kappa shape index (κ1) is 23.9. The van der Waals surface area contributed by atoms with Crippen molar-refractivity contribution >= 4 is 54.4 Å². The molecule has 0 saturated carbocycles. The van der Waals surface area contributed by atoms with Gasteiger partial charge >= 0.3 is 0 Å². The van der Waals surface area contributed by atoms with Crippen molar-refractivity contribution in [2.45, 2.75) is 0 Å². The Hall–Kier alpha value is -5.80. The van der Waals surface area contributed by atoms with Crippen molar-refractivity contribution in [1.82, 2.24) is 9.13 Å². The van der Waals surface area contributed by atoms with Gasteiger partial charge in [-0.3, -0.25) is 0 Å². The lowest BCUT2D eigenvalue weighted by Crippen LogP contribution is -1.94. The van der Waals surface area contributed by atoms with Crippen molar-refractivity contribution in [3.8, 4) is 28.3 Å². The van der Waals surface area contributed by atoms with Crippen LogP contribution >= 0.6 is 0 Å². The summed E-state index contributed by atoms with van der Waals surface area (Å²) in [6, 6.07) is 53.5. The van der Waals surface area contributed by atoms with Gasteiger partial charge in [-0.2, -0.15) is 0 Å². The second-order valence-electron chi connectivity index (χ2n) is 11.2. The summed E-state index contributed by atoms with van der Waals surface area (Å²) in [5, 5.41) is 17.6. The first-order valence-electron chi connectivity index (χ1n) is 14.6. The molecule has 0 spiro atoms. The Bertz CT molecular complexity index is 2530. The van der Waals surface area contributed by atoms with Crippen molar-refractivity contribution < 1.29 is 5.11 Å². The van der Waals surface area contributed by atoms with E-state index in [0.29, 0.717) is 0 Å². The first-order valence-corrected chi connectivity index (χ1v) is 14.6. The molecule has 0 aliphatic carbocycles. The Labute approximate surface area is 248 Å². The molecule has 0 radical (unpaired) electrons. The highest BCUT2D eigenvalue weighted by Crippen LogP contribution is 2.38. The number of para-hydroxylation sites is 2. The fourth-order valence-electron chi connectivity index (χ4n) is 6.81. The van der Waals surface area contributed by atoms with E-state index in [1.807, 2.05) is 18.2 Å². The van der Waals surface area contributed by atoms with E-state index in [2.05, 4.69) is 137 Å². The maximum Gasteiger partial charge on any atom is 0.117 e. The molecule has 202 valence electrons. The first-order chi connectivity index (χ1) is 21.2. The van der Waals surface area contributed by atoms with E-state index in [1.54, 1.807) is 6.07 Å². The van der Waals surface area contributed by atoms with Gasteiger partial charge in [-0.15, -0.1) is 0 Å². The molecule has 0 atom stereocenters. The number of hydrogen-bond donors (Lipinski definition) is 1. The zero-order valence-electron chi connectivity index (χ0n) is 23.3. The Balaban J connectivity index is 1.25.